The molecule has 2 heteroatoms. The van der Waals surface area contributed by atoms with Crippen molar-refractivity contribution in [3.63, 3.8) is 0 Å². The van der Waals surface area contributed by atoms with Crippen molar-refractivity contribution < 1.29 is 5.11 Å². The molecule has 0 aromatic rings. The highest BCUT2D eigenvalue weighted by molar-refractivity contribution is 4.84. The number of rotatable bonds is 5. The third-order valence-electron chi connectivity index (χ3n) is 4.96. The Balaban J connectivity index is 1.79. The van der Waals surface area contributed by atoms with Crippen LogP contribution >= 0.6 is 0 Å². The van der Waals surface area contributed by atoms with Gasteiger partial charge >= 0.3 is 0 Å². The van der Waals surface area contributed by atoms with Gasteiger partial charge in [0.05, 0.1) is 0 Å². The third-order valence-corrected chi connectivity index (χ3v) is 4.96. The molecular weight excluding hydrogens is 210 g/mol. The molecule has 1 heterocycles. The number of hydrogen-bond acceptors (Lipinski definition) is 2. The second-order valence-corrected chi connectivity index (χ2v) is 6.19. The van der Waals surface area contributed by atoms with E-state index in [-0.39, 0.29) is 0 Å². The van der Waals surface area contributed by atoms with Crippen LogP contribution < -0.4 is 0 Å². The molecule has 17 heavy (non-hydrogen) atoms. The Hall–Kier alpha value is -0.0800. The number of likely N-dealkylation sites (tertiary alicyclic amines) is 1. The molecule has 0 aromatic heterocycles. The summed E-state index contributed by atoms with van der Waals surface area (Å²) in [5.74, 6) is 0. The van der Waals surface area contributed by atoms with Gasteiger partial charge in [-0.25, -0.2) is 0 Å². The van der Waals surface area contributed by atoms with Crippen molar-refractivity contribution in [2.45, 2.75) is 64.2 Å². The highest BCUT2D eigenvalue weighted by Gasteiger charge is 2.31. The average molecular weight is 239 g/mol. The number of piperidine rings is 1. The van der Waals surface area contributed by atoms with Crippen LogP contribution in [0.3, 0.4) is 0 Å². The van der Waals surface area contributed by atoms with Crippen molar-refractivity contribution in [1.29, 1.82) is 0 Å². The van der Waals surface area contributed by atoms with Crippen molar-refractivity contribution in [2.24, 2.45) is 5.41 Å². The number of hydrogen-bond donors (Lipinski definition) is 1. The first kappa shape index (κ1) is 13.4. The zero-order valence-electron chi connectivity index (χ0n) is 11.3. The summed E-state index contributed by atoms with van der Waals surface area (Å²) in [5, 5.41) is 9.31. The Labute approximate surface area is 106 Å². The fraction of sp³-hybridized carbons (Fsp3) is 1.00. The van der Waals surface area contributed by atoms with Crippen LogP contribution in [0.2, 0.25) is 0 Å². The molecule has 2 rings (SSSR count). The summed E-state index contributed by atoms with van der Waals surface area (Å²) in [6.07, 6.45) is 13.5. The minimum Gasteiger partial charge on any atom is -0.396 e. The standard InChI is InChI=1S/C15H29NO/c17-14-10-15(7-3-1-4-8-15)9-13-16-11-5-2-6-12-16/h17H,1-14H2. The molecule has 0 radical (unpaired) electrons. The Bertz CT molecular complexity index is 199. The summed E-state index contributed by atoms with van der Waals surface area (Å²) in [7, 11) is 0. The Kier molecular flexibility index (Phi) is 5.30. The van der Waals surface area contributed by atoms with Crippen molar-refractivity contribution in [2.75, 3.05) is 26.2 Å². The molecule has 0 spiro atoms. The van der Waals surface area contributed by atoms with E-state index in [9.17, 15) is 5.11 Å². The maximum atomic E-state index is 9.31. The van der Waals surface area contributed by atoms with E-state index in [1.54, 1.807) is 0 Å². The number of aliphatic hydroxyl groups is 1. The van der Waals surface area contributed by atoms with Gasteiger partial charge in [0.25, 0.3) is 0 Å². The summed E-state index contributed by atoms with van der Waals surface area (Å²) in [5.41, 5.74) is 0.491. The molecule has 0 aromatic carbocycles. The van der Waals surface area contributed by atoms with Crippen molar-refractivity contribution in [3.8, 4) is 0 Å². The maximum Gasteiger partial charge on any atom is 0.0436 e. The molecule has 2 nitrogen and oxygen atoms in total. The van der Waals surface area contributed by atoms with Gasteiger partial charge in [-0.3, -0.25) is 0 Å². The molecule has 1 N–H and O–H groups in total. The first-order valence-corrected chi connectivity index (χ1v) is 7.68. The van der Waals surface area contributed by atoms with E-state index >= 15 is 0 Å². The SMILES string of the molecule is OCCC1(CCN2CCCCC2)CCCCC1. The molecule has 0 unspecified atom stereocenters. The topological polar surface area (TPSA) is 23.5 Å². The first-order chi connectivity index (χ1) is 8.35. The minimum atomic E-state index is 0.389. The third kappa shape index (κ3) is 3.96. The lowest BCUT2D eigenvalue weighted by Gasteiger charge is -2.39. The molecule has 100 valence electrons. The van der Waals surface area contributed by atoms with Crippen LogP contribution in [0.5, 0.6) is 0 Å². The van der Waals surface area contributed by atoms with Gasteiger partial charge in [-0.05, 0) is 63.6 Å². The van der Waals surface area contributed by atoms with Gasteiger partial charge in [0.1, 0.15) is 0 Å². The van der Waals surface area contributed by atoms with E-state index in [4.69, 9.17) is 0 Å². The van der Waals surface area contributed by atoms with E-state index in [2.05, 4.69) is 4.90 Å². The predicted octanol–water partition coefficient (Wildman–Crippen LogP) is 3.20. The molecule has 0 amide bonds. The van der Waals surface area contributed by atoms with Gasteiger partial charge in [-0.1, -0.05) is 25.7 Å². The molecule has 0 atom stereocenters. The van der Waals surface area contributed by atoms with Crippen molar-refractivity contribution in [3.05, 3.63) is 0 Å². The lowest BCUT2D eigenvalue weighted by molar-refractivity contribution is 0.0951. The van der Waals surface area contributed by atoms with Gasteiger partial charge in [0.15, 0.2) is 0 Å². The first-order valence-electron chi connectivity index (χ1n) is 7.68. The zero-order chi connectivity index (χ0) is 12.0. The highest BCUT2D eigenvalue weighted by Crippen LogP contribution is 2.42. The van der Waals surface area contributed by atoms with Crippen LogP contribution in [0, 0.1) is 5.41 Å². The predicted molar refractivity (Wildman–Crippen MR) is 72.1 cm³/mol. The van der Waals surface area contributed by atoms with Gasteiger partial charge in [0.2, 0.25) is 0 Å². The normalized spacial score (nSPS) is 25.9. The van der Waals surface area contributed by atoms with E-state index in [0.29, 0.717) is 12.0 Å². The van der Waals surface area contributed by atoms with Gasteiger partial charge in [-0.15, -0.1) is 0 Å². The molecular formula is C15H29NO. The average Bonchev–Trinajstić information content (AvgIpc) is 2.39. The number of nitrogens with zero attached hydrogens (tertiary/aromatic N) is 1. The van der Waals surface area contributed by atoms with E-state index < -0.39 is 0 Å². The summed E-state index contributed by atoms with van der Waals surface area (Å²) < 4.78 is 0. The van der Waals surface area contributed by atoms with Gasteiger partial charge < -0.3 is 10.0 Å². The Morgan fingerprint density at radius 3 is 2.12 bits per heavy atom. The summed E-state index contributed by atoms with van der Waals surface area (Å²) >= 11 is 0. The van der Waals surface area contributed by atoms with Crippen LogP contribution in [-0.4, -0.2) is 36.2 Å². The maximum absolute atomic E-state index is 9.31. The largest absolute Gasteiger partial charge is 0.396 e. The fourth-order valence-corrected chi connectivity index (χ4v) is 3.74. The molecule has 1 saturated heterocycles. The minimum absolute atomic E-state index is 0.389. The van der Waals surface area contributed by atoms with Crippen molar-refractivity contribution in [1.82, 2.24) is 4.90 Å². The smallest absolute Gasteiger partial charge is 0.0436 e. The van der Waals surface area contributed by atoms with Crippen LogP contribution in [0.25, 0.3) is 0 Å². The second kappa shape index (κ2) is 6.75. The quantitative estimate of drug-likeness (QED) is 0.796. The molecule has 1 saturated carbocycles. The van der Waals surface area contributed by atoms with Crippen LogP contribution in [0.4, 0.5) is 0 Å². The van der Waals surface area contributed by atoms with Gasteiger partial charge in [-0.2, -0.15) is 0 Å². The Morgan fingerprint density at radius 1 is 0.824 bits per heavy atom. The fourth-order valence-electron chi connectivity index (χ4n) is 3.74. The summed E-state index contributed by atoms with van der Waals surface area (Å²) in [6, 6.07) is 0. The number of aliphatic hydroxyl groups excluding tert-OH is 1. The van der Waals surface area contributed by atoms with Crippen LogP contribution in [0.15, 0.2) is 0 Å². The molecule has 0 bridgehead atoms. The van der Waals surface area contributed by atoms with Crippen LogP contribution in [0.1, 0.15) is 64.2 Å². The second-order valence-electron chi connectivity index (χ2n) is 6.19. The molecule has 1 aliphatic carbocycles. The lowest BCUT2D eigenvalue weighted by atomic mass is 9.70. The molecule has 2 fully saturated rings. The zero-order valence-corrected chi connectivity index (χ0v) is 11.3. The lowest BCUT2D eigenvalue weighted by Crippen LogP contribution is -2.35. The monoisotopic (exact) mass is 239 g/mol. The Morgan fingerprint density at radius 2 is 1.47 bits per heavy atom. The molecule has 1 aliphatic heterocycles. The molecule has 2 aliphatic rings. The summed E-state index contributed by atoms with van der Waals surface area (Å²) in [6.45, 7) is 4.30. The van der Waals surface area contributed by atoms with E-state index in [0.717, 1.165) is 6.42 Å². The highest BCUT2D eigenvalue weighted by atomic mass is 16.3. The van der Waals surface area contributed by atoms with E-state index in [1.807, 2.05) is 0 Å². The van der Waals surface area contributed by atoms with E-state index in [1.165, 1.54) is 77.4 Å². The van der Waals surface area contributed by atoms with Gasteiger partial charge in [0, 0.05) is 6.61 Å². The van der Waals surface area contributed by atoms with Crippen molar-refractivity contribution >= 4 is 0 Å². The van der Waals surface area contributed by atoms with Crippen LogP contribution in [-0.2, 0) is 0 Å². The summed E-state index contributed by atoms with van der Waals surface area (Å²) in [4.78, 5) is 2.65.